The Kier molecular flexibility index (Phi) is 2.19. The van der Waals surface area contributed by atoms with Gasteiger partial charge in [0.05, 0.1) is 35.8 Å². The van der Waals surface area contributed by atoms with E-state index >= 15 is 0 Å². The highest BCUT2D eigenvalue weighted by Crippen LogP contribution is 2.23. The molecule has 3 aromatic rings. The highest BCUT2D eigenvalue weighted by molar-refractivity contribution is 5.80. The highest BCUT2D eigenvalue weighted by Gasteiger charge is 2.08. The normalized spacial score (nSPS) is 11.2. The number of hydrogen-bond acceptors (Lipinski definition) is 3. The van der Waals surface area contributed by atoms with E-state index in [-0.39, 0.29) is 0 Å². The van der Waals surface area contributed by atoms with Gasteiger partial charge in [-0.1, -0.05) is 6.07 Å². The second-order valence-corrected chi connectivity index (χ2v) is 3.96. The number of aromatic nitrogens is 4. The zero-order valence-corrected chi connectivity index (χ0v) is 9.51. The lowest BCUT2D eigenvalue weighted by molar-refractivity contribution is 0.799. The van der Waals surface area contributed by atoms with Crippen LogP contribution in [-0.4, -0.2) is 19.5 Å². The van der Waals surface area contributed by atoms with E-state index in [1.54, 1.807) is 6.33 Å². The van der Waals surface area contributed by atoms with Crippen molar-refractivity contribution in [3.63, 3.8) is 0 Å². The number of hydrogen-bond donors (Lipinski definition) is 2. The first kappa shape index (κ1) is 10.0. The van der Waals surface area contributed by atoms with E-state index in [1.165, 1.54) is 0 Å². The van der Waals surface area contributed by atoms with E-state index in [2.05, 4.69) is 21.0 Å². The molecule has 0 saturated carbocycles. The standard InChI is InChI=1S/C12H13N5/c1-17-11(6-14-12(17)5-13)8-2-3-9-10(4-8)16-7-15-9/h2-4,6-7H,5,13H2,1H3,(H,15,16). The fraction of sp³-hybridized carbons (Fsp3) is 0.167. The maximum absolute atomic E-state index is 5.62. The Morgan fingerprint density at radius 3 is 3.00 bits per heavy atom. The van der Waals surface area contributed by atoms with Gasteiger partial charge in [-0.2, -0.15) is 0 Å². The van der Waals surface area contributed by atoms with Crippen molar-refractivity contribution in [1.29, 1.82) is 0 Å². The van der Waals surface area contributed by atoms with Crippen molar-refractivity contribution in [2.24, 2.45) is 12.8 Å². The third-order valence-electron chi connectivity index (χ3n) is 2.98. The summed E-state index contributed by atoms with van der Waals surface area (Å²) in [7, 11) is 1.97. The molecule has 86 valence electrons. The van der Waals surface area contributed by atoms with Gasteiger partial charge in [-0.3, -0.25) is 0 Å². The largest absolute Gasteiger partial charge is 0.345 e. The molecule has 5 nitrogen and oxygen atoms in total. The van der Waals surface area contributed by atoms with Gasteiger partial charge < -0.3 is 15.3 Å². The first-order valence-electron chi connectivity index (χ1n) is 5.44. The minimum absolute atomic E-state index is 0.447. The van der Waals surface area contributed by atoms with Crippen LogP contribution >= 0.6 is 0 Å². The quantitative estimate of drug-likeness (QED) is 0.695. The Labute approximate surface area is 98.3 Å². The number of fused-ring (bicyclic) bond motifs is 1. The lowest BCUT2D eigenvalue weighted by Crippen LogP contribution is -2.05. The molecule has 2 aromatic heterocycles. The molecule has 0 saturated heterocycles. The fourth-order valence-corrected chi connectivity index (χ4v) is 2.00. The predicted octanol–water partition coefficient (Wildman–Crippen LogP) is 1.42. The summed E-state index contributed by atoms with van der Waals surface area (Å²) in [5.41, 5.74) is 9.78. The summed E-state index contributed by atoms with van der Waals surface area (Å²) in [5.74, 6) is 0.879. The molecule has 0 bridgehead atoms. The molecule has 5 heteroatoms. The molecule has 1 aromatic carbocycles. The van der Waals surface area contributed by atoms with Gasteiger partial charge in [0.15, 0.2) is 0 Å². The van der Waals surface area contributed by atoms with E-state index in [4.69, 9.17) is 5.73 Å². The van der Waals surface area contributed by atoms with Crippen molar-refractivity contribution in [2.75, 3.05) is 0 Å². The second-order valence-electron chi connectivity index (χ2n) is 3.96. The van der Waals surface area contributed by atoms with Gasteiger partial charge in [0, 0.05) is 12.6 Å². The predicted molar refractivity (Wildman–Crippen MR) is 66.2 cm³/mol. The maximum Gasteiger partial charge on any atom is 0.122 e. The topological polar surface area (TPSA) is 72.5 Å². The molecule has 0 unspecified atom stereocenters. The lowest BCUT2D eigenvalue weighted by atomic mass is 10.1. The summed E-state index contributed by atoms with van der Waals surface area (Å²) >= 11 is 0. The van der Waals surface area contributed by atoms with Crippen LogP contribution < -0.4 is 5.73 Å². The van der Waals surface area contributed by atoms with Crippen LogP contribution in [0.1, 0.15) is 5.82 Å². The summed E-state index contributed by atoms with van der Waals surface area (Å²) in [5, 5.41) is 0. The number of nitrogens with zero attached hydrogens (tertiary/aromatic N) is 3. The van der Waals surface area contributed by atoms with Gasteiger partial charge in [0.25, 0.3) is 0 Å². The second kappa shape index (κ2) is 3.71. The van der Waals surface area contributed by atoms with Crippen molar-refractivity contribution in [1.82, 2.24) is 19.5 Å². The van der Waals surface area contributed by atoms with Gasteiger partial charge in [0.1, 0.15) is 5.82 Å². The molecule has 0 aliphatic rings. The fourth-order valence-electron chi connectivity index (χ4n) is 2.00. The first-order chi connectivity index (χ1) is 8.29. The molecule has 0 aliphatic carbocycles. The molecule has 0 atom stereocenters. The molecule has 0 radical (unpaired) electrons. The van der Waals surface area contributed by atoms with Gasteiger partial charge in [0.2, 0.25) is 0 Å². The van der Waals surface area contributed by atoms with Gasteiger partial charge in [-0.15, -0.1) is 0 Å². The summed E-state index contributed by atoms with van der Waals surface area (Å²) in [6, 6.07) is 6.11. The summed E-state index contributed by atoms with van der Waals surface area (Å²) in [4.78, 5) is 11.6. The highest BCUT2D eigenvalue weighted by atomic mass is 15.1. The Morgan fingerprint density at radius 1 is 1.35 bits per heavy atom. The SMILES string of the molecule is Cn1c(-c2ccc3nc[nH]c3c2)cnc1CN. The average Bonchev–Trinajstić information content (AvgIpc) is 2.94. The maximum atomic E-state index is 5.62. The van der Waals surface area contributed by atoms with E-state index in [0.717, 1.165) is 28.1 Å². The Hall–Kier alpha value is -2.14. The molecular weight excluding hydrogens is 214 g/mol. The number of aromatic amines is 1. The first-order valence-corrected chi connectivity index (χ1v) is 5.44. The summed E-state index contributed by atoms with van der Waals surface area (Å²) < 4.78 is 2.01. The monoisotopic (exact) mass is 227 g/mol. The van der Waals surface area contributed by atoms with Gasteiger partial charge in [-0.25, -0.2) is 9.97 Å². The van der Waals surface area contributed by atoms with Crippen LogP contribution in [0.3, 0.4) is 0 Å². The minimum atomic E-state index is 0.447. The number of nitrogens with two attached hydrogens (primary N) is 1. The van der Waals surface area contributed by atoms with Crippen molar-refractivity contribution >= 4 is 11.0 Å². The van der Waals surface area contributed by atoms with Crippen molar-refractivity contribution in [3.8, 4) is 11.3 Å². The van der Waals surface area contributed by atoms with E-state index in [0.29, 0.717) is 6.54 Å². The molecule has 0 aliphatic heterocycles. The molecular formula is C12H13N5. The van der Waals surface area contributed by atoms with Crippen LogP contribution in [0.25, 0.3) is 22.3 Å². The van der Waals surface area contributed by atoms with Crippen LogP contribution in [0.15, 0.2) is 30.7 Å². The zero-order valence-electron chi connectivity index (χ0n) is 9.51. The summed E-state index contributed by atoms with van der Waals surface area (Å²) in [6.07, 6.45) is 3.54. The van der Waals surface area contributed by atoms with Crippen LogP contribution in [0.4, 0.5) is 0 Å². The molecule has 0 amide bonds. The average molecular weight is 227 g/mol. The number of rotatable bonds is 2. The summed E-state index contributed by atoms with van der Waals surface area (Å²) in [6.45, 7) is 0.447. The van der Waals surface area contributed by atoms with Gasteiger partial charge >= 0.3 is 0 Å². The third kappa shape index (κ3) is 1.52. The van der Waals surface area contributed by atoms with Gasteiger partial charge in [-0.05, 0) is 12.1 Å². The van der Waals surface area contributed by atoms with E-state index in [1.807, 2.05) is 29.9 Å². The van der Waals surface area contributed by atoms with Crippen LogP contribution in [0.5, 0.6) is 0 Å². The number of H-pyrrole nitrogens is 1. The Balaban J connectivity index is 2.16. The van der Waals surface area contributed by atoms with Crippen LogP contribution in [0, 0.1) is 0 Å². The lowest BCUT2D eigenvalue weighted by Gasteiger charge is -2.04. The molecule has 17 heavy (non-hydrogen) atoms. The number of imidazole rings is 2. The molecule has 2 heterocycles. The minimum Gasteiger partial charge on any atom is -0.345 e. The van der Waals surface area contributed by atoms with E-state index < -0.39 is 0 Å². The van der Waals surface area contributed by atoms with Crippen LogP contribution in [-0.2, 0) is 13.6 Å². The zero-order chi connectivity index (χ0) is 11.8. The number of benzene rings is 1. The Morgan fingerprint density at radius 2 is 2.24 bits per heavy atom. The van der Waals surface area contributed by atoms with Crippen molar-refractivity contribution in [2.45, 2.75) is 6.54 Å². The van der Waals surface area contributed by atoms with Crippen molar-refractivity contribution < 1.29 is 0 Å². The van der Waals surface area contributed by atoms with E-state index in [9.17, 15) is 0 Å². The smallest absolute Gasteiger partial charge is 0.122 e. The molecule has 0 fully saturated rings. The number of nitrogens with one attached hydrogen (secondary N) is 1. The molecule has 0 spiro atoms. The molecule has 3 N–H and O–H groups in total. The van der Waals surface area contributed by atoms with Crippen LogP contribution in [0.2, 0.25) is 0 Å². The third-order valence-corrected chi connectivity index (χ3v) is 2.98. The Bertz CT molecular complexity index is 664. The molecule has 3 rings (SSSR count). The van der Waals surface area contributed by atoms with Crippen molar-refractivity contribution in [3.05, 3.63) is 36.5 Å².